The topological polar surface area (TPSA) is 142 Å². The Bertz CT molecular complexity index is 1150. The number of nitrogens with two attached hydrogens (primary N) is 1. The number of carbonyl (C=O) groups is 1. The van der Waals surface area contributed by atoms with E-state index >= 15 is 0 Å². The van der Waals surface area contributed by atoms with Crippen molar-refractivity contribution in [3.63, 3.8) is 0 Å². The number of anilines is 1. The molecule has 0 atom stereocenters. The Labute approximate surface area is 170 Å². The lowest BCUT2D eigenvalue weighted by Crippen LogP contribution is -2.32. The molecule has 0 saturated heterocycles. The standard InChI is InChI=1S/C18H15BN4O2S.CH2O2/c1-10-6-14(18-21-4-5-26-18)13(8-15(10)19(24)25)11-2-3-12-16(20)9-22-23-17(12)7-11;2-1-3/h2-9,24-25H,1H3,(H2,20,23);1H,(H,2,3). The van der Waals surface area contributed by atoms with Gasteiger partial charge in [-0.05, 0) is 41.7 Å². The number of aryl methyl sites for hydroxylation is 1. The van der Waals surface area contributed by atoms with Gasteiger partial charge in [0.05, 0.1) is 17.4 Å². The van der Waals surface area contributed by atoms with Crippen LogP contribution in [0.1, 0.15) is 5.56 Å². The van der Waals surface area contributed by atoms with Crippen LogP contribution in [0.5, 0.6) is 0 Å². The summed E-state index contributed by atoms with van der Waals surface area (Å²) in [5, 5.41) is 38.0. The Morgan fingerprint density at radius 2 is 1.93 bits per heavy atom. The van der Waals surface area contributed by atoms with Gasteiger partial charge >= 0.3 is 7.12 Å². The lowest BCUT2D eigenvalue weighted by Gasteiger charge is -2.14. The highest BCUT2D eigenvalue weighted by Gasteiger charge is 2.19. The summed E-state index contributed by atoms with van der Waals surface area (Å²) in [5.74, 6) is 0. The van der Waals surface area contributed by atoms with E-state index in [2.05, 4.69) is 15.2 Å². The maximum atomic E-state index is 9.71. The molecule has 2 aromatic carbocycles. The molecule has 0 aliphatic rings. The fraction of sp³-hybridized carbons (Fsp3) is 0.0526. The minimum absolute atomic E-state index is 0.250. The summed E-state index contributed by atoms with van der Waals surface area (Å²) in [6, 6.07) is 9.45. The maximum Gasteiger partial charge on any atom is 0.488 e. The van der Waals surface area contributed by atoms with Crippen LogP contribution in [-0.4, -0.2) is 43.9 Å². The number of benzene rings is 2. The van der Waals surface area contributed by atoms with Crippen molar-refractivity contribution in [2.45, 2.75) is 6.92 Å². The molecule has 4 rings (SSSR count). The number of hydrogen-bond acceptors (Lipinski definition) is 8. The highest BCUT2D eigenvalue weighted by Crippen LogP contribution is 2.35. The zero-order valence-corrected chi connectivity index (χ0v) is 16.2. The first kappa shape index (κ1) is 20.4. The predicted octanol–water partition coefficient (Wildman–Crippen LogP) is 1.69. The molecule has 0 bridgehead atoms. The molecule has 0 saturated carbocycles. The fourth-order valence-corrected chi connectivity index (χ4v) is 3.69. The van der Waals surface area contributed by atoms with Crippen molar-refractivity contribution in [2.75, 3.05) is 5.73 Å². The molecule has 29 heavy (non-hydrogen) atoms. The fourth-order valence-electron chi connectivity index (χ4n) is 3.02. The zero-order chi connectivity index (χ0) is 21.0. The summed E-state index contributed by atoms with van der Waals surface area (Å²) in [4.78, 5) is 12.8. The molecule has 2 heterocycles. The van der Waals surface area contributed by atoms with E-state index in [4.69, 9.17) is 15.6 Å². The number of carboxylic acid groups (broad SMARTS) is 1. The average Bonchev–Trinajstić information content (AvgIpc) is 3.23. The normalized spacial score (nSPS) is 10.3. The van der Waals surface area contributed by atoms with E-state index in [1.54, 1.807) is 12.3 Å². The van der Waals surface area contributed by atoms with Crippen molar-refractivity contribution >= 4 is 47.0 Å². The third-order valence-electron chi connectivity index (χ3n) is 4.33. The molecular formula is C19H17BN4O4S. The molecule has 0 aliphatic carbocycles. The third-order valence-corrected chi connectivity index (χ3v) is 5.14. The molecule has 0 radical (unpaired) electrons. The van der Waals surface area contributed by atoms with Crippen molar-refractivity contribution in [1.82, 2.24) is 15.2 Å². The van der Waals surface area contributed by atoms with Crippen LogP contribution in [0.2, 0.25) is 0 Å². The molecule has 8 nitrogen and oxygen atoms in total. The summed E-state index contributed by atoms with van der Waals surface area (Å²) in [7, 11) is -1.55. The molecule has 0 fully saturated rings. The molecule has 0 spiro atoms. The maximum absolute atomic E-state index is 9.71. The summed E-state index contributed by atoms with van der Waals surface area (Å²) in [6.45, 7) is 1.60. The number of hydrogen-bond donors (Lipinski definition) is 4. The Balaban J connectivity index is 0.000000755. The Morgan fingerprint density at radius 1 is 1.17 bits per heavy atom. The van der Waals surface area contributed by atoms with E-state index < -0.39 is 7.12 Å². The monoisotopic (exact) mass is 408 g/mol. The first-order chi connectivity index (χ1) is 14.0. The average molecular weight is 408 g/mol. The van der Waals surface area contributed by atoms with Gasteiger partial charge in [-0.3, -0.25) is 4.79 Å². The van der Waals surface area contributed by atoms with Crippen molar-refractivity contribution in [2.24, 2.45) is 0 Å². The summed E-state index contributed by atoms with van der Waals surface area (Å²) >= 11 is 1.53. The first-order valence-corrected chi connectivity index (χ1v) is 9.34. The van der Waals surface area contributed by atoms with Crippen molar-refractivity contribution in [3.8, 4) is 21.7 Å². The molecular weight excluding hydrogens is 391 g/mol. The third kappa shape index (κ3) is 4.24. The molecule has 0 amide bonds. The van der Waals surface area contributed by atoms with Crippen LogP contribution in [0.25, 0.3) is 32.6 Å². The van der Waals surface area contributed by atoms with Crippen LogP contribution in [0.4, 0.5) is 5.69 Å². The lowest BCUT2D eigenvalue weighted by atomic mass is 9.75. The van der Waals surface area contributed by atoms with Gasteiger partial charge < -0.3 is 20.9 Å². The van der Waals surface area contributed by atoms with Gasteiger partial charge in [-0.2, -0.15) is 10.2 Å². The largest absolute Gasteiger partial charge is 0.488 e. The molecule has 5 N–H and O–H groups in total. The van der Waals surface area contributed by atoms with Crippen molar-refractivity contribution in [1.29, 1.82) is 0 Å². The number of nitrogen functional groups attached to an aromatic ring is 1. The van der Waals surface area contributed by atoms with Crippen molar-refractivity contribution < 1.29 is 19.9 Å². The van der Waals surface area contributed by atoms with Gasteiger partial charge in [-0.1, -0.05) is 17.7 Å². The predicted molar refractivity (Wildman–Crippen MR) is 114 cm³/mol. The van der Waals surface area contributed by atoms with Crippen LogP contribution in [0, 0.1) is 6.92 Å². The molecule has 2 aromatic heterocycles. The summed E-state index contributed by atoms with van der Waals surface area (Å²) in [5.41, 5.74) is 11.1. The number of aromatic nitrogens is 3. The quantitative estimate of drug-likeness (QED) is 0.296. The highest BCUT2D eigenvalue weighted by molar-refractivity contribution is 7.13. The molecule has 0 aliphatic heterocycles. The van der Waals surface area contributed by atoms with Crippen LogP contribution in [0.3, 0.4) is 0 Å². The van der Waals surface area contributed by atoms with Crippen LogP contribution >= 0.6 is 11.3 Å². The van der Waals surface area contributed by atoms with E-state index in [1.807, 2.05) is 36.6 Å². The van der Waals surface area contributed by atoms with E-state index in [0.717, 1.165) is 32.6 Å². The lowest BCUT2D eigenvalue weighted by molar-refractivity contribution is -0.122. The van der Waals surface area contributed by atoms with Gasteiger partial charge in [0, 0.05) is 22.5 Å². The minimum Gasteiger partial charge on any atom is -0.483 e. The SMILES string of the molecule is Cc1cc(-c2nccs2)c(-c2ccc3c(N)cnnc3c2)cc1B(O)O.O=CO. The molecule has 0 unspecified atom stereocenters. The number of fused-ring (bicyclic) bond motifs is 1. The zero-order valence-electron chi connectivity index (χ0n) is 15.4. The second-order valence-electron chi connectivity index (χ2n) is 6.10. The van der Waals surface area contributed by atoms with Crippen LogP contribution in [-0.2, 0) is 4.79 Å². The van der Waals surface area contributed by atoms with E-state index in [-0.39, 0.29) is 6.47 Å². The van der Waals surface area contributed by atoms with Crippen LogP contribution < -0.4 is 11.2 Å². The first-order valence-electron chi connectivity index (χ1n) is 8.46. The van der Waals surface area contributed by atoms with E-state index in [1.165, 1.54) is 17.5 Å². The highest BCUT2D eigenvalue weighted by atomic mass is 32.1. The molecule has 146 valence electrons. The van der Waals surface area contributed by atoms with E-state index in [0.29, 0.717) is 16.7 Å². The van der Waals surface area contributed by atoms with Crippen LogP contribution in [0.15, 0.2) is 48.1 Å². The van der Waals surface area contributed by atoms with Gasteiger partial charge in [0.25, 0.3) is 6.47 Å². The van der Waals surface area contributed by atoms with Gasteiger partial charge in [0.15, 0.2) is 0 Å². The molecule has 10 heteroatoms. The number of rotatable bonds is 3. The Morgan fingerprint density at radius 3 is 2.59 bits per heavy atom. The second-order valence-corrected chi connectivity index (χ2v) is 7.00. The van der Waals surface area contributed by atoms with Gasteiger partial charge in [0.1, 0.15) is 5.01 Å². The smallest absolute Gasteiger partial charge is 0.483 e. The number of nitrogens with zero attached hydrogens (tertiary/aromatic N) is 3. The Hall–Kier alpha value is -3.34. The summed E-state index contributed by atoms with van der Waals surface area (Å²) < 4.78 is 0. The summed E-state index contributed by atoms with van der Waals surface area (Å²) in [6.07, 6.45) is 3.27. The van der Waals surface area contributed by atoms with Crippen molar-refractivity contribution in [3.05, 3.63) is 53.7 Å². The Kier molecular flexibility index (Phi) is 6.18. The van der Waals surface area contributed by atoms with Gasteiger partial charge in [-0.15, -0.1) is 11.3 Å². The van der Waals surface area contributed by atoms with Gasteiger partial charge in [0.2, 0.25) is 0 Å². The second kappa shape index (κ2) is 8.78. The van der Waals surface area contributed by atoms with Gasteiger partial charge in [-0.25, -0.2) is 4.98 Å². The molecule has 4 aromatic rings. The minimum atomic E-state index is -1.55. The number of thiazole rings is 1. The van der Waals surface area contributed by atoms with E-state index in [9.17, 15) is 10.0 Å².